The maximum atomic E-state index is 13.4. The van der Waals surface area contributed by atoms with E-state index >= 15 is 0 Å². The normalized spacial score (nSPS) is 20.7. The highest BCUT2D eigenvalue weighted by molar-refractivity contribution is 5.95. The first kappa shape index (κ1) is 29.1. The van der Waals surface area contributed by atoms with Crippen LogP contribution in [0.2, 0.25) is 0 Å². The number of likely N-dealkylation sites (N-methyl/N-ethyl adjacent to an activating group) is 1. The fourth-order valence-corrected chi connectivity index (χ4v) is 4.78. The van der Waals surface area contributed by atoms with Gasteiger partial charge in [-0.1, -0.05) is 0 Å². The predicted molar refractivity (Wildman–Crippen MR) is 143 cm³/mol. The Morgan fingerprint density at radius 3 is 2.45 bits per heavy atom. The van der Waals surface area contributed by atoms with Crippen LogP contribution < -0.4 is 20.1 Å². The van der Waals surface area contributed by atoms with E-state index in [9.17, 15) is 14.4 Å². The van der Waals surface area contributed by atoms with Crippen LogP contribution in [0.15, 0.2) is 29.5 Å². The number of benzene rings is 1. The van der Waals surface area contributed by atoms with Gasteiger partial charge >= 0.3 is 18.0 Å². The first-order chi connectivity index (χ1) is 17.9. The molecule has 2 heterocycles. The molecule has 2 N–H and O–H groups in total. The molecule has 0 saturated carbocycles. The Morgan fingerprint density at radius 1 is 1.16 bits per heavy atom. The minimum absolute atomic E-state index is 0.0604. The Kier molecular flexibility index (Phi) is 9.14. The summed E-state index contributed by atoms with van der Waals surface area (Å²) in [5.41, 5.74) is 1.13. The molecular weight excluding hydrogens is 490 g/mol. The first-order valence-corrected chi connectivity index (χ1v) is 12.9. The third-order valence-electron chi connectivity index (χ3n) is 6.65. The molecule has 3 rings (SSSR count). The van der Waals surface area contributed by atoms with Gasteiger partial charge in [-0.3, -0.25) is 9.80 Å². The summed E-state index contributed by atoms with van der Waals surface area (Å²) in [6, 6.07) is 3.94. The van der Waals surface area contributed by atoms with Crippen LogP contribution in [0, 0.1) is 0 Å². The van der Waals surface area contributed by atoms with Gasteiger partial charge in [0.2, 0.25) is 0 Å². The van der Waals surface area contributed by atoms with Crippen LogP contribution >= 0.6 is 0 Å². The predicted octanol–water partition coefficient (Wildman–Crippen LogP) is 2.73. The molecule has 1 aromatic rings. The summed E-state index contributed by atoms with van der Waals surface area (Å²) in [5, 5.41) is 5.95. The van der Waals surface area contributed by atoms with Crippen molar-refractivity contribution in [2.24, 2.45) is 0 Å². The van der Waals surface area contributed by atoms with Gasteiger partial charge in [-0.25, -0.2) is 14.4 Å². The van der Waals surface area contributed by atoms with Crippen LogP contribution in [-0.2, 0) is 9.53 Å². The second-order valence-corrected chi connectivity index (χ2v) is 10.6. The fraction of sp³-hybridized carbons (Fsp3) is 0.593. The van der Waals surface area contributed by atoms with Gasteiger partial charge in [0, 0.05) is 56.1 Å². The number of nitrogens with zero attached hydrogens (tertiary/aromatic N) is 3. The van der Waals surface area contributed by atoms with E-state index in [0.717, 1.165) is 0 Å². The Morgan fingerprint density at radius 2 is 1.87 bits per heavy atom. The Labute approximate surface area is 225 Å². The highest BCUT2D eigenvalue weighted by Crippen LogP contribution is 2.38. The highest BCUT2D eigenvalue weighted by Gasteiger charge is 2.39. The minimum Gasteiger partial charge on any atom is -0.497 e. The lowest BCUT2D eigenvalue weighted by Gasteiger charge is -2.43. The molecule has 11 nitrogen and oxygen atoms in total. The zero-order valence-electron chi connectivity index (χ0n) is 23.7. The molecule has 2 atom stereocenters. The molecule has 1 fully saturated rings. The first-order valence-electron chi connectivity index (χ1n) is 12.9. The SMILES string of the molecule is CCOC(=O)C1=C(CN2CCN(C(=O)NC(C)(C)C)[C@H](C)C2)N(C)C(=O)N[C@@H]1c1cc(OC)ccc1OC. The van der Waals surface area contributed by atoms with E-state index in [1.807, 2.05) is 32.6 Å². The number of methoxy groups -OCH3 is 2. The molecule has 1 aromatic carbocycles. The molecule has 2 aliphatic rings. The maximum absolute atomic E-state index is 13.4. The van der Waals surface area contributed by atoms with Gasteiger partial charge in [0.25, 0.3) is 0 Å². The number of ether oxygens (including phenoxy) is 3. The molecule has 0 aromatic heterocycles. The number of hydrogen-bond donors (Lipinski definition) is 2. The summed E-state index contributed by atoms with van der Waals surface area (Å²) in [6.07, 6.45) is 0. The average Bonchev–Trinajstić information content (AvgIpc) is 2.85. The van der Waals surface area contributed by atoms with Crippen LogP contribution in [0.25, 0.3) is 0 Å². The summed E-state index contributed by atoms with van der Waals surface area (Å²) < 4.78 is 16.4. The number of urea groups is 2. The molecule has 4 amide bonds. The topological polar surface area (TPSA) is 113 Å². The lowest BCUT2D eigenvalue weighted by Crippen LogP contribution is -2.59. The van der Waals surface area contributed by atoms with E-state index in [0.29, 0.717) is 54.5 Å². The van der Waals surface area contributed by atoms with Gasteiger partial charge < -0.3 is 29.7 Å². The summed E-state index contributed by atoms with van der Waals surface area (Å²) in [7, 11) is 4.72. The van der Waals surface area contributed by atoms with Crippen LogP contribution in [0.3, 0.4) is 0 Å². The van der Waals surface area contributed by atoms with E-state index in [-0.39, 0.29) is 30.2 Å². The molecule has 0 aliphatic carbocycles. The second kappa shape index (κ2) is 11.9. The maximum Gasteiger partial charge on any atom is 0.338 e. The van der Waals surface area contributed by atoms with Crippen molar-refractivity contribution in [3.63, 3.8) is 0 Å². The summed E-state index contributed by atoms with van der Waals surface area (Å²) in [6.45, 7) is 11.8. The van der Waals surface area contributed by atoms with E-state index in [1.165, 1.54) is 12.0 Å². The molecule has 0 unspecified atom stereocenters. The summed E-state index contributed by atoms with van der Waals surface area (Å²) in [5.74, 6) is 0.562. The van der Waals surface area contributed by atoms with Crippen LogP contribution in [0.1, 0.15) is 46.2 Å². The molecule has 38 heavy (non-hydrogen) atoms. The van der Waals surface area contributed by atoms with Gasteiger partial charge in [0.05, 0.1) is 32.4 Å². The lowest BCUT2D eigenvalue weighted by atomic mass is 9.93. The minimum atomic E-state index is -0.797. The van der Waals surface area contributed by atoms with Crippen molar-refractivity contribution in [3.05, 3.63) is 35.0 Å². The smallest absolute Gasteiger partial charge is 0.338 e. The Balaban J connectivity index is 1.97. The van der Waals surface area contributed by atoms with Crippen molar-refractivity contribution in [1.29, 1.82) is 0 Å². The Hall–Kier alpha value is -3.47. The van der Waals surface area contributed by atoms with Crippen LogP contribution in [0.5, 0.6) is 11.5 Å². The van der Waals surface area contributed by atoms with Crippen molar-refractivity contribution in [1.82, 2.24) is 25.3 Å². The zero-order valence-corrected chi connectivity index (χ0v) is 23.7. The summed E-state index contributed by atoms with van der Waals surface area (Å²) >= 11 is 0. The quantitative estimate of drug-likeness (QED) is 0.520. The third kappa shape index (κ3) is 6.50. The van der Waals surface area contributed by atoms with Crippen molar-refractivity contribution >= 4 is 18.0 Å². The largest absolute Gasteiger partial charge is 0.497 e. The van der Waals surface area contributed by atoms with Crippen molar-refractivity contribution in [2.75, 3.05) is 54.1 Å². The van der Waals surface area contributed by atoms with Gasteiger partial charge in [-0.05, 0) is 52.8 Å². The number of carbonyl (C=O) groups is 3. The number of amides is 4. The lowest BCUT2D eigenvalue weighted by molar-refractivity contribution is -0.139. The van der Waals surface area contributed by atoms with Gasteiger partial charge in [0.1, 0.15) is 11.5 Å². The standard InChI is InChI=1S/C27H41N5O6/c1-9-38-24(33)22-20(16-31-12-13-32(17(2)15-31)26(35)29-27(3,4)5)30(6)25(34)28-23(22)19-14-18(36-7)10-11-21(19)37-8/h10-11,14,17,23H,9,12-13,15-16H2,1-8H3,(H,28,34)(H,29,35)/t17-,23-/m1/s1. The van der Waals surface area contributed by atoms with Gasteiger partial charge in [0.15, 0.2) is 0 Å². The zero-order chi connectivity index (χ0) is 28.2. The molecule has 0 radical (unpaired) electrons. The number of piperazine rings is 1. The molecule has 2 aliphatic heterocycles. The monoisotopic (exact) mass is 531 g/mol. The van der Waals surface area contributed by atoms with Crippen molar-refractivity contribution in [3.8, 4) is 11.5 Å². The summed E-state index contributed by atoms with van der Waals surface area (Å²) in [4.78, 5) is 44.7. The van der Waals surface area contributed by atoms with Crippen LogP contribution in [-0.4, -0.2) is 98.4 Å². The molecule has 11 heteroatoms. The van der Waals surface area contributed by atoms with Crippen LogP contribution in [0.4, 0.5) is 9.59 Å². The van der Waals surface area contributed by atoms with E-state index in [1.54, 1.807) is 39.3 Å². The molecular formula is C27H41N5O6. The van der Waals surface area contributed by atoms with Crippen molar-refractivity contribution < 1.29 is 28.6 Å². The highest BCUT2D eigenvalue weighted by atomic mass is 16.5. The van der Waals surface area contributed by atoms with E-state index in [2.05, 4.69) is 15.5 Å². The fourth-order valence-electron chi connectivity index (χ4n) is 4.78. The van der Waals surface area contributed by atoms with Gasteiger partial charge in [-0.15, -0.1) is 0 Å². The second-order valence-electron chi connectivity index (χ2n) is 10.6. The number of carbonyl (C=O) groups excluding carboxylic acids is 3. The number of nitrogens with one attached hydrogen (secondary N) is 2. The van der Waals surface area contributed by atoms with Crippen molar-refractivity contribution in [2.45, 2.75) is 52.2 Å². The average molecular weight is 532 g/mol. The van der Waals surface area contributed by atoms with Gasteiger partial charge in [-0.2, -0.15) is 0 Å². The number of esters is 1. The third-order valence-corrected chi connectivity index (χ3v) is 6.65. The molecule has 1 saturated heterocycles. The molecule has 0 bridgehead atoms. The van der Waals surface area contributed by atoms with E-state index in [4.69, 9.17) is 14.2 Å². The number of rotatable bonds is 7. The van der Waals surface area contributed by atoms with E-state index < -0.39 is 12.0 Å². The number of hydrogen-bond acceptors (Lipinski definition) is 7. The molecule has 210 valence electrons. The molecule has 0 spiro atoms. The Bertz CT molecular complexity index is 1080.